The zero-order valence-electron chi connectivity index (χ0n) is 10.9. The molecule has 1 rings (SSSR count). The molecule has 0 aliphatic rings. The van der Waals surface area contributed by atoms with Crippen molar-refractivity contribution in [1.82, 2.24) is 4.72 Å². The first-order valence-corrected chi connectivity index (χ1v) is 7.66. The first-order chi connectivity index (χ1) is 9.60. The largest absolute Gasteiger partial charge is 0.478 e. The summed E-state index contributed by atoms with van der Waals surface area (Å²) in [4.78, 5) is 21.7. The molecule has 0 bridgehead atoms. The average molecular weight is 356 g/mol. The summed E-state index contributed by atoms with van der Waals surface area (Å²) in [6.45, 7) is 1.26. The lowest BCUT2D eigenvalue weighted by molar-refractivity contribution is -0.142. The maximum absolute atomic E-state index is 12.2. The van der Waals surface area contributed by atoms with Gasteiger partial charge in [-0.1, -0.05) is 23.2 Å². The van der Waals surface area contributed by atoms with E-state index in [0.717, 1.165) is 19.2 Å². The second-order valence-electron chi connectivity index (χ2n) is 3.94. The van der Waals surface area contributed by atoms with Crippen molar-refractivity contribution < 1.29 is 27.9 Å². The predicted octanol–water partition coefficient (Wildman–Crippen LogP) is 1.53. The Morgan fingerprint density at radius 1 is 1.33 bits per heavy atom. The highest BCUT2D eigenvalue weighted by Gasteiger charge is 2.27. The third kappa shape index (κ3) is 4.07. The van der Waals surface area contributed by atoms with Crippen molar-refractivity contribution in [3.63, 3.8) is 0 Å². The number of esters is 1. The van der Waals surface area contributed by atoms with Crippen molar-refractivity contribution in [3.8, 4) is 0 Å². The fourth-order valence-electron chi connectivity index (χ4n) is 1.44. The van der Waals surface area contributed by atoms with E-state index in [1.807, 2.05) is 4.72 Å². The third-order valence-electron chi connectivity index (χ3n) is 2.41. The lowest BCUT2D eigenvalue weighted by atomic mass is 10.2. The van der Waals surface area contributed by atoms with Gasteiger partial charge in [-0.05, 0) is 19.1 Å². The number of ether oxygens (including phenoxy) is 1. The van der Waals surface area contributed by atoms with E-state index < -0.39 is 43.5 Å². The van der Waals surface area contributed by atoms with E-state index in [-0.39, 0.29) is 5.02 Å². The number of sulfonamides is 1. The highest BCUT2D eigenvalue weighted by Crippen LogP contribution is 2.29. The summed E-state index contributed by atoms with van der Waals surface area (Å²) in [5, 5.41) is 8.33. The van der Waals surface area contributed by atoms with Gasteiger partial charge in [0.1, 0.15) is 10.9 Å². The smallest absolute Gasteiger partial charge is 0.337 e. The number of rotatable bonds is 5. The van der Waals surface area contributed by atoms with Gasteiger partial charge >= 0.3 is 11.9 Å². The molecule has 0 heterocycles. The van der Waals surface area contributed by atoms with E-state index in [4.69, 9.17) is 28.3 Å². The van der Waals surface area contributed by atoms with Crippen LogP contribution in [0.3, 0.4) is 0 Å². The maximum atomic E-state index is 12.2. The van der Waals surface area contributed by atoms with Gasteiger partial charge in [0, 0.05) is 5.02 Å². The van der Waals surface area contributed by atoms with Crippen molar-refractivity contribution in [2.75, 3.05) is 7.11 Å². The van der Waals surface area contributed by atoms with E-state index in [2.05, 4.69) is 4.74 Å². The fraction of sp³-hybridized carbons (Fsp3) is 0.273. The van der Waals surface area contributed by atoms with Crippen LogP contribution in [0.4, 0.5) is 0 Å². The van der Waals surface area contributed by atoms with Crippen molar-refractivity contribution in [1.29, 1.82) is 0 Å². The highest BCUT2D eigenvalue weighted by molar-refractivity contribution is 7.89. The summed E-state index contributed by atoms with van der Waals surface area (Å²) in [7, 11) is -3.16. The molecular weight excluding hydrogens is 345 g/mol. The Hall–Kier alpha value is -1.35. The van der Waals surface area contributed by atoms with Gasteiger partial charge < -0.3 is 9.84 Å². The minimum absolute atomic E-state index is 0.122. The molecule has 0 radical (unpaired) electrons. The molecule has 0 aliphatic heterocycles. The fourth-order valence-corrected chi connectivity index (χ4v) is 3.53. The minimum Gasteiger partial charge on any atom is -0.478 e. The van der Waals surface area contributed by atoms with Crippen LogP contribution in [-0.2, 0) is 19.6 Å². The second kappa shape index (κ2) is 6.61. The molecule has 1 atom stereocenters. The number of aromatic carboxylic acids is 1. The number of nitrogens with one attached hydrogen (secondary N) is 1. The van der Waals surface area contributed by atoms with E-state index >= 15 is 0 Å². The molecule has 0 saturated carbocycles. The van der Waals surface area contributed by atoms with Crippen molar-refractivity contribution in [2.24, 2.45) is 0 Å². The van der Waals surface area contributed by atoms with Crippen molar-refractivity contribution >= 4 is 45.2 Å². The van der Waals surface area contributed by atoms with Gasteiger partial charge in [-0.15, -0.1) is 0 Å². The number of hydrogen-bond acceptors (Lipinski definition) is 5. The maximum Gasteiger partial charge on any atom is 0.337 e. The summed E-state index contributed by atoms with van der Waals surface area (Å²) >= 11 is 11.5. The van der Waals surface area contributed by atoms with E-state index in [1.54, 1.807) is 0 Å². The predicted molar refractivity (Wildman–Crippen MR) is 75.2 cm³/mol. The van der Waals surface area contributed by atoms with Gasteiger partial charge in [0.05, 0.1) is 17.7 Å². The Labute approximate surface area is 130 Å². The number of methoxy groups -OCH3 is 1. The topological polar surface area (TPSA) is 110 Å². The van der Waals surface area contributed by atoms with E-state index in [1.165, 1.54) is 6.92 Å². The molecule has 0 spiro atoms. The molecule has 0 aliphatic carbocycles. The minimum atomic E-state index is -4.25. The van der Waals surface area contributed by atoms with Gasteiger partial charge in [0.2, 0.25) is 10.0 Å². The summed E-state index contributed by atoms with van der Waals surface area (Å²) in [5.41, 5.74) is -0.463. The lowest BCUT2D eigenvalue weighted by Crippen LogP contribution is -2.39. The molecule has 10 heteroatoms. The monoisotopic (exact) mass is 355 g/mol. The van der Waals surface area contributed by atoms with Crippen molar-refractivity contribution in [3.05, 3.63) is 27.7 Å². The Morgan fingerprint density at radius 2 is 1.90 bits per heavy atom. The lowest BCUT2D eigenvalue weighted by Gasteiger charge is -2.14. The first-order valence-electron chi connectivity index (χ1n) is 5.42. The normalized spacial score (nSPS) is 12.8. The van der Waals surface area contributed by atoms with Gasteiger partial charge in [-0.25, -0.2) is 13.2 Å². The van der Waals surface area contributed by atoms with Crippen LogP contribution in [0, 0.1) is 0 Å². The quantitative estimate of drug-likeness (QED) is 0.775. The van der Waals surface area contributed by atoms with Gasteiger partial charge in [-0.3, -0.25) is 4.79 Å². The van der Waals surface area contributed by atoms with Crippen LogP contribution in [-0.4, -0.2) is 38.6 Å². The summed E-state index contributed by atoms with van der Waals surface area (Å²) in [6, 6.07) is 0.834. The average Bonchev–Trinajstić information content (AvgIpc) is 2.38. The van der Waals surface area contributed by atoms with Crippen LogP contribution < -0.4 is 4.72 Å². The Balaban J connectivity index is 3.32. The van der Waals surface area contributed by atoms with Gasteiger partial charge in [-0.2, -0.15) is 4.72 Å². The van der Waals surface area contributed by atoms with Crippen LogP contribution in [0.5, 0.6) is 0 Å². The SMILES string of the molecule is COC(=O)[C@H](C)NS(=O)(=O)c1cc(Cl)cc(C(=O)O)c1Cl. The molecule has 7 nitrogen and oxygen atoms in total. The van der Waals surface area contributed by atoms with Gasteiger partial charge in [0.15, 0.2) is 0 Å². The molecular formula is C11H11Cl2NO6S. The van der Waals surface area contributed by atoms with E-state index in [0.29, 0.717) is 0 Å². The van der Waals surface area contributed by atoms with Gasteiger partial charge in [0.25, 0.3) is 0 Å². The van der Waals surface area contributed by atoms with Crippen LogP contribution in [0.2, 0.25) is 10.0 Å². The molecule has 0 aromatic heterocycles. The van der Waals surface area contributed by atoms with Crippen LogP contribution in [0.1, 0.15) is 17.3 Å². The Bertz CT molecular complexity index is 688. The molecule has 21 heavy (non-hydrogen) atoms. The first kappa shape index (κ1) is 17.7. The highest BCUT2D eigenvalue weighted by atomic mass is 35.5. The second-order valence-corrected chi connectivity index (χ2v) is 6.43. The molecule has 0 saturated heterocycles. The number of halogens is 2. The molecule has 116 valence electrons. The number of carbonyl (C=O) groups excluding carboxylic acids is 1. The number of carboxylic acids is 1. The zero-order chi connectivity index (χ0) is 16.4. The summed E-state index contributed by atoms with van der Waals surface area (Å²) < 4.78 is 30.7. The Kier molecular flexibility index (Phi) is 5.57. The zero-order valence-corrected chi connectivity index (χ0v) is 13.2. The molecule has 1 aromatic carbocycles. The standard InChI is InChI=1S/C11H11Cl2NO6S/c1-5(11(17)20-2)14-21(18,19)8-4-6(12)3-7(9(8)13)10(15)16/h3-5,14H,1-2H3,(H,15,16)/t5-/m0/s1. The van der Waals surface area contributed by atoms with Crippen LogP contribution in [0.25, 0.3) is 0 Å². The molecule has 0 amide bonds. The number of benzene rings is 1. The summed E-state index contributed by atoms with van der Waals surface area (Å²) in [6.07, 6.45) is 0. The number of carbonyl (C=O) groups is 2. The summed E-state index contributed by atoms with van der Waals surface area (Å²) in [5.74, 6) is -2.24. The molecule has 0 unspecified atom stereocenters. The van der Waals surface area contributed by atoms with Crippen LogP contribution in [0.15, 0.2) is 17.0 Å². The number of carboxylic acid groups (broad SMARTS) is 1. The molecule has 1 aromatic rings. The molecule has 0 fully saturated rings. The van der Waals surface area contributed by atoms with E-state index in [9.17, 15) is 18.0 Å². The third-order valence-corrected chi connectivity index (χ3v) is 4.71. The van der Waals surface area contributed by atoms with Crippen LogP contribution >= 0.6 is 23.2 Å². The molecule has 2 N–H and O–H groups in total. The van der Waals surface area contributed by atoms with Crippen molar-refractivity contribution in [2.45, 2.75) is 17.9 Å². The number of hydrogen-bond donors (Lipinski definition) is 2. The Morgan fingerprint density at radius 3 is 2.38 bits per heavy atom.